The number of nitrogens with one attached hydrogen (secondary N) is 1. The summed E-state index contributed by atoms with van der Waals surface area (Å²) >= 11 is 1.20. The number of halogens is 1. The fraction of sp³-hybridized carbons (Fsp3) is 0.190. The molecule has 0 aliphatic rings. The molecule has 0 aliphatic heterocycles. The lowest BCUT2D eigenvalue weighted by molar-refractivity contribution is 0.0633. The van der Waals surface area contributed by atoms with Crippen molar-refractivity contribution in [3.8, 4) is 21.0 Å². The van der Waals surface area contributed by atoms with Gasteiger partial charge in [-0.3, -0.25) is 5.32 Å². The molecule has 1 amide bonds. The van der Waals surface area contributed by atoms with Crippen LogP contribution in [0.4, 0.5) is 15.0 Å². The number of hydrogen-bond donors (Lipinski definition) is 2. The highest BCUT2D eigenvalue weighted by atomic mass is 32.1. The van der Waals surface area contributed by atoms with Crippen molar-refractivity contribution < 1.29 is 23.8 Å². The first-order chi connectivity index (χ1) is 13.6. The molecule has 1 aromatic heterocycles. The Hall–Kier alpha value is -3.26. The highest BCUT2D eigenvalue weighted by Gasteiger charge is 2.22. The summed E-state index contributed by atoms with van der Waals surface area (Å²) < 4.78 is 18.6. The predicted molar refractivity (Wildman–Crippen MR) is 110 cm³/mol. The lowest BCUT2D eigenvalue weighted by Crippen LogP contribution is -2.27. The lowest BCUT2D eigenvalue weighted by atomic mass is 10.1. The van der Waals surface area contributed by atoms with Crippen molar-refractivity contribution in [2.24, 2.45) is 0 Å². The van der Waals surface area contributed by atoms with Crippen LogP contribution in [0.2, 0.25) is 0 Å². The highest BCUT2D eigenvalue weighted by Crippen LogP contribution is 2.39. The topological polar surface area (TPSA) is 88.5 Å². The predicted octanol–water partition coefficient (Wildman–Crippen LogP) is 5.66. The Kier molecular flexibility index (Phi) is 5.65. The summed E-state index contributed by atoms with van der Waals surface area (Å²) in [6.07, 6.45) is -0.691. The summed E-state index contributed by atoms with van der Waals surface area (Å²) in [6.45, 7) is 5.22. The minimum absolute atomic E-state index is 0.0933. The van der Waals surface area contributed by atoms with Gasteiger partial charge in [-0.25, -0.2) is 19.0 Å². The number of ether oxygens (including phenoxy) is 1. The number of carbonyl (C=O) groups excluding carboxylic acids is 1. The van der Waals surface area contributed by atoms with E-state index in [0.717, 1.165) is 0 Å². The average Bonchev–Trinajstić information content (AvgIpc) is 3.04. The van der Waals surface area contributed by atoms with Gasteiger partial charge in [0.1, 0.15) is 16.4 Å². The van der Waals surface area contributed by atoms with Crippen molar-refractivity contribution in [3.63, 3.8) is 0 Å². The highest BCUT2D eigenvalue weighted by molar-refractivity contribution is 7.19. The van der Waals surface area contributed by atoms with Crippen LogP contribution in [-0.4, -0.2) is 27.8 Å². The van der Waals surface area contributed by atoms with Gasteiger partial charge in [0.25, 0.3) is 0 Å². The number of aromatic nitrogens is 1. The quantitative estimate of drug-likeness (QED) is 0.575. The standard InChI is InChI=1S/C21H19FN2O4S/c1-21(2,3)28-20(27)24-17-16(12-8-10-13(22)11-9-12)29-18(23-17)14-6-4-5-7-15(14)19(25)26/h4-11H,1-3H3,(H,24,27)(H,25,26). The van der Waals surface area contributed by atoms with Crippen LogP contribution in [0, 0.1) is 5.82 Å². The SMILES string of the molecule is CC(C)(C)OC(=O)Nc1nc(-c2ccccc2C(=O)O)sc1-c1ccc(F)cc1. The Morgan fingerprint density at radius 3 is 2.38 bits per heavy atom. The molecule has 0 saturated carbocycles. The number of benzene rings is 2. The second-order valence-electron chi connectivity index (χ2n) is 7.18. The van der Waals surface area contributed by atoms with Gasteiger partial charge in [-0.1, -0.05) is 30.3 Å². The van der Waals surface area contributed by atoms with Crippen LogP contribution in [0.5, 0.6) is 0 Å². The third kappa shape index (κ3) is 4.97. The normalized spacial score (nSPS) is 11.2. The van der Waals surface area contributed by atoms with Crippen molar-refractivity contribution >= 4 is 29.2 Å². The molecule has 2 N–H and O–H groups in total. The number of aromatic carboxylic acids is 1. The van der Waals surface area contributed by atoms with Gasteiger partial charge in [0, 0.05) is 5.56 Å². The van der Waals surface area contributed by atoms with Gasteiger partial charge in [0.15, 0.2) is 5.82 Å². The smallest absolute Gasteiger partial charge is 0.413 e. The van der Waals surface area contributed by atoms with E-state index in [-0.39, 0.29) is 11.4 Å². The third-order valence-corrected chi connectivity index (χ3v) is 4.88. The molecule has 3 aromatic rings. The van der Waals surface area contributed by atoms with Crippen molar-refractivity contribution in [2.75, 3.05) is 5.32 Å². The zero-order chi connectivity index (χ0) is 21.2. The van der Waals surface area contributed by atoms with E-state index in [1.165, 1.54) is 29.5 Å². The molecule has 0 bridgehead atoms. The van der Waals surface area contributed by atoms with Crippen LogP contribution in [-0.2, 0) is 4.74 Å². The van der Waals surface area contributed by atoms with Crippen LogP contribution >= 0.6 is 11.3 Å². The molecule has 6 nitrogen and oxygen atoms in total. The molecule has 150 valence electrons. The number of carboxylic acids is 1. The third-order valence-electron chi connectivity index (χ3n) is 3.74. The first-order valence-corrected chi connectivity index (χ1v) is 9.55. The maximum absolute atomic E-state index is 13.3. The van der Waals surface area contributed by atoms with E-state index >= 15 is 0 Å². The molecule has 0 spiro atoms. The molecular weight excluding hydrogens is 395 g/mol. The second kappa shape index (κ2) is 8.00. The Balaban J connectivity index is 2.08. The van der Waals surface area contributed by atoms with Gasteiger partial charge in [-0.15, -0.1) is 11.3 Å². The number of thiazole rings is 1. The Labute approximate surface area is 171 Å². The molecule has 3 rings (SSSR count). The largest absolute Gasteiger partial charge is 0.478 e. The number of rotatable bonds is 4. The summed E-state index contributed by atoms with van der Waals surface area (Å²) in [4.78, 5) is 28.8. The molecule has 29 heavy (non-hydrogen) atoms. The summed E-state index contributed by atoms with van der Waals surface area (Å²) in [5, 5.41) is 12.5. The van der Waals surface area contributed by atoms with E-state index in [0.29, 0.717) is 21.0 Å². The van der Waals surface area contributed by atoms with E-state index in [9.17, 15) is 19.1 Å². The van der Waals surface area contributed by atoms with Gasteiger partial charge >= 0.3 is 12.1 Å². The van der Waals surface area contributed by atoms with E-state index in [1.807, 2.05) is 0 Å². The minimum atomic E-state index is -1.08. The zero-order valence-corrected chi connectivity index (χ0v) is 16.8. The Bertz CT molecular complexity index is 1060. The molecule has 0 unspecified atom stereocenters. The summed E-state index contributed by atoms with van der Waals surface area (Å²) in [5.74, 6) is -1.26. The summed E-state index contributed by atoms with van der Waals surface area (Å²) in [7, 11) is 0. The molecule has 8 heteroatoms. The maximum atomic E-state index is 13.3. The van der Waals surface area contributed by atoms with Crippen LogP contribution in [0.1, 0.15) is 31.1 Å². The number of carbonyl (C=O) groups is 2. The van der Waals surface area contributed by atoms with Crippen LogP contribution in [0.15, 0.2) is 48.5 Å². The second-order valence-corrected chi connectivity index (χ2v) is 8.18. The van der Waals surface area contributed by atoms with Gasteiger partial charge in [0.05, 0.1) is 10.4 Å². The van der Waals surface area contributed by atoms with E-state index in [2.05, 4.69) is 10.3 Å². The lowest BCUT2D eigenvalue weighted by Gasteiger charge is -2.19. The first kappa shape index (κ1) is 20.5. The van der Waals surface area contributed by atoms with E-state index in [1.54, 1.807) is 51.1 Å². The minimum Gasteiger partial charge on any atom is -0.478 e. The summed E-state index contributed by atoms with van der Waals surface area (Å²) in [6, 6.07) is 12.2. The van der Waals surface area contributed by atoms with Crippen molar-refractivity contribution in [2.45, 2.75) is 26.4 Å². The Morgan fingerprint density at radius 1 is 1.10 bits per heavy atom. The molecule has 2 aromatic carbocycles. The fourth-order valence-corrected chi connectivity index (χ4v) is 3.64. The van der Waals surface area contributed by atoms with Gasteiger partial charge in [-0.05, 0) is 44.5 Å². The molecule has 0 fully saturated rings. The van der Waals surface area contributed by atoms with Gasteiger partial charge < -0.3 is 9.84 Å². The molecular formula is C21H19FN2O4S. The maximum Gasteiger partial charge on any atom is 0.413 e. The average molecular weight is 414 g/mol. The zero-order valence-electron chi connectivity index (χ0n) is 16.0. The van der Waals surface area contributed by atoms with Crippen LogP contribution in [0.25, 0.3) is 21.0 Å². The van der Waals surface area contributed by atoms with Crippen LogP contribution in [0.3, 0.4) is 0 Å². The Morgan fingerprint density at radius 2 is 1.76 bits per heavy atom. The summed E-state index contributed by atoms with van der Waals surface area (Å²) in [5.41, 5.74) is 0.449. The molecule has 0 radical (unpaired) electrons. The monoisotopic (exact) mass is 414 g/mol. The fourth-order valence-electron chi connectivity index (χ4n) is 2.57. The van der Waals surface area contributed by atoms with Gasteiger partial charge in [-0.2, -0.15) is 0 Å². The number of nitrogens with zero attached hydrogens (tertiary/aromatic N) is 1. The molecule has 0 saturated heterocycles. The van der Waals surface area contributed by atoms with Gasteiger partial charge in [0.2, 0.25) is 0 Å². The van der Waals surface area contributed by atoms with Crippen molar-refractivity contribution in [3.05, 3.63) is 59.9 Å². The van der Waals surface area contributed by atoms with Crippen molar-refractivity contribution in [1.29, 1.82) is 0 Å². The number of anilines is 1. The first-order valence-electron chi connectivity index (χ1n) is 8.73. The number of amides is 1. The molecule has 1 heterocycles. The molecule has 0 aliphatic carbocycles. The number of hydrogen-bond acceptors (Lipinski definition) is 5. The molecule has 0 atom stereocenters. The van der Waals surface area contributed by atoms with E-state index < -0.39 is 23.5 Å². The van der Waals surface area contributed by atoms with Crippen molar-refractivity contribution in [1.82, 2.24) is 4.98 Å². The number of carboxylic acid groups (broad SMARTS) is 1. The van der Waals surface area contributed by atoms with Crippen LogP contribution < -0.4 is 5.32 Å². The van der Waals surface area contributed by atoms with E-state index in [4.69, 9.17) is 4.74 Å².